The van der Waals surface area contributed by atoms with Gasteiger partial charge in [0.05, 0.1) is 23.1 Å². The third-order valence-electron chi connectivity index (χ3n) is 5.62. The maximum atomic E-state index is 13.2. The summed E-state index contributed by atoms with van der Waals surface area (Å²) in [6.45, 7) is 3.63. The Morgan fingerprint density at radius 1 is 1.00 bits per heavy atom. The van der Waals surface area contributed by atoms with Crippen LogP contribution in [0.3, 0.4) is 0 Å². The van der Waals surface area contributed by atoms with E-state index >= 15 is 0 Å². The van der Waals surface area contributed by atoms with Crippen molar-refractivity contribution in [1.29, 1.82) is 0 Å². The van der Waals surface area contributed by atoms with E-state index in [1.807, 2.05) is 23.1 Å². The van der Waals surface area contributed by atoms with Crippen LogP contribution in [0, 0.1) is 5.82 Å². The summed E-state index contributed by atoms with van der Waals surface area (Å²) in [6, 6.07) is 16.2. The smallest absolute Gasteiger partial charge is 0.257 e. The van der Waals surface area contributed by atoms with Gasteiger partial charge in [0.15, 0.2) is 0 Å². The largest absolute Gasteiger partial charge is 0.336 e. The zero-order valence-electron chi connectivity index (χ0n) is 17.4. The number of carbonyl (C=O) groups excluding carboxylic acids is 1. The molecule has 1 N–H and O–H groups in total. The summed E-state index contributed by atoms with van der Waals surface area (Å²) in [5.41, 5.74) is 4.06. The molecule has 1 amide bonds. The van der Waals surface area contributed by atoms with Crippen LogP contribution in [-0.2, 0) is 6.54 Å². The number of H-pyrrole nitrogens is 1. The number of rotatable bonds is 5. The third kappa shape index (κ3) is 4.32. The van der Waals surface area contributed by atoms with Crippen LogP contribution in [0.15, 0.2) is 66.2 Å². The minimum atomic E-state index is -0.312. The van der Waals surface area contributed by atoms with Crippen molar-refractivity contribution in [3.05, 3.63) is 83.2 Å². The van der Waals surface area contributed by atoms with Gasteiger partial charge in [-0.3, -0.25) is 14.8 Å². The van der Waals surface area contributed by atoms with Crippen molar-refractivity contribution < 1.29 is 9.18 Å². The molecule has 162 valence electrons. The highest BCUT2D eigenvalue weighted by Gasteiger charge is 2.25. The molecule has 5 rings (SSSR count). The second-order valence-electron chi connectivity index (χ2n) is 7.74. The van der Waals surface area contributed by atoms with E-state index in [1.54, 1.807) is 29.7 Å². The van der Waals surface area contributed by atoms with Gasteiger partial charge in [-0.05, 0) is 24.3 Å². The van der Waals surface area contributed by atoms with E-state index < -0.39 is 0 Å². The molecule has 1 aliphatic heterocycles. The molecule has 2 aromatic carbocycles. The number of hydrogen-bond acceptors (Lipinski definition) is 5. The fourth-order valence-electron chi connectivity index (χ4n) is 3.89. The first kappa shape index (κ1) is 20.5. The Balaban J connectivity index is 1.20. The van der Waals surface area contributed by atoms with E-state index in [0.717, 1.165) is 41.5 Å². The standard InChI is InChI=1S/C24H22FN5OS/c25-19-8-6-17(7-9-19)22-21(14-26-28-22)24(31)30-12-10-29(11-13-30)15-20-16-32-23(27-20)18-4-2-1-3-5-18/h1-9,14,16H,10-13,15H2,(H,26,28). The first-order chi connectivity index (χ1) is 15.7. The van der Waals surface area contributed by atoms with E-state index in [-0.39, 0.29) is 11.7 Å². The molecule has 0 aliphatic carbocycles. The molecule has 4 aromatic rings. The number of aromatic nitrogens is 3. The summed E-state index contributed by atoms with van der Waals surface area (Å²) in [5, 5.41) is 10.1. The van der Waals surface area contributed by atoms with Crippen LogP contribution in [0.4, 0.5) is 4.39 Å². The molecule has 8 heteroatoms. The van der Waals surface area contributed by atoms with E-state index in [2.05, 4.69) is 32.6 Å². The Hall–Kier alpha value is -3.36. The molecule has 6 nitrogen and oxygen atoms in total. The van der Waals surface area contributed by atoms with Gasteiger partial charge < -0.3 is 4.90 Å². The van der Waals surface area contributed by atoms with Crippen LogP contribution in [0.25, 0.3) is 21.8 Å². The summed E-state index contributed by atoms with van der Waals surface area (Å²) in [4.78, 5) is 22.1. The number of halogens is 1. The fourth-order valence-corrected chi connectivity index (χ4v) is 4.70. The van der Waals surface area contributed by atoms with Crippen molar-refractivity contribution in [3.63, 3.8) is 0 Å². The summed E-state index contributed by atoms with van der Waals surface area (Å²) < 4.78 is 13.2. The molecule has 0 atom stereocenters. The molecule has 1 fully saturated rings. The third-order valence-corrected chi connectivity index (χ3v) is 6.56. The zero-order chi connectivity index (χ0) is 21.9. The first-order valence-corrected chi connectivity index (χ1v) is 11.4. The lowest BCUT2D eigenvalue weighted by Gasteiger charge is -2.34. The second kappa shape index (κ2) is 9.02. The lowest BCUT2D eigenvalue weighted by molar-refractivity contribution is 0.0628. The number of hydrogen-bond donors (Lipinski definition) is 1. The van der Waals surface area contributed by atoms with Crippen LogP contribution in [-0.4, -0.2) is 57.1 Å². The summed E-state index contributed by atoms with van der Waals surface area (Å²) >= 11 is 1.66. The Morgan fingerprint density at radius 3 is 2.50 bits per heavy atom. The SMILES string of the molecule is O=C(c1cn[nH]c1-c1ccc(F)cc1)N1CCN(Cc2csc(-c3ccccc3)n2)CC1. The number of benzene rings is 2. The number of aromatic amines is 1. The molecule has 2 aromatic heterocycles. The highest BCUT2D eigenvalue weighted by atomic mass is 32.1. The Labute approximate surface area is 189 Å². The maximum absolute atomic E-state index is 13.2. The Morgan fingerprint density at radius 2 is 1.75 bits per heavy atom. The van der Waals surface area contributed by atoms with Gasteiger partial charge in [0.1, 0.15) is 10.8 Å². The van der Waals surface area contributed by atoms with Crippen LogP contribution >= 0.6 is 11.3 Å². The van der Waals surface area contributed by atoms with Crippen molar-refractivity contribution in [2.24, 2.45) is 0 Å². The van der Waals surface area contributed by atoms with Crippen LogP contribution in [0.1, 0.15) is 16.1 Å². The topological polar surface area (TPSA) is 65.1 Å². The van der Waals surface area contributed by atoms with Gasteiger partial charge >= 0.3 is 0 Å². The normalized spacial score (nSPS) is 14.6. The lowest BCUT2D eigenvalue weighted by atomic mass is 10.1. The van der Waals surface area contributed by atoms with Gasteiger partial charge in [0, 0.05) is 49.2 Å². The van der Waals surface area contributed by atoms with E-state index in [1.165, 1.54) is 12.1 Å². The van der Waals surface area contributed by atoms with E-state index in [9.17, 15) is 9.18 Å². The van der Waals surface area contributed by atoms with Gasteiger partial charge in [0.25, 0.3) is 5.91 Å². The van der Waals surface area contributed by atoms with Crippen molar-refractivity contribution in [2.45, 2.75) is 6.54 Å². The Bertz CT molecular complexity index is 1200. The minimum absolute atomic E-state index is 0.0576. The number of nitrogens with zero attached hydrogens (tertiary/aromatic N) is 4. The quantitative estimate of drug-likeness (QED) is 0.496. The average molecular weight is 448 g/mol. The van der Waals surface area contributed by atoms with Crippen LogP contribution in [0.5, 0.6) is 0 Å². The van der Waals surface area contributed by atoms with Gasteiger partial charge in [-0.1, -0.05) is 30.3 Å². The highest BCUT2D eigenvalue weighted by Crippen LogP contribution is 2.25. The number of amides is 1. The molecular weight excluding hydrogens is 425 g/mol. The van der Waals surface area contributed by atoms with Crippen molar-refractivity contribution in [2.75, 3.05) is 26.2 Å². The van der Waals surface area contributed by atoms with Gasteiger partial charge in [-0.15, -0.1) is 11.3 Å². The molecule has 0 unspecified atom stereocenters. The average Bonchev–Trinajstić information content (AvgIpc) is 3.50. The predicted octanol–water partition coefficient (Wildman–Crippen LogP) is 4.30. The monoisotopic (exact) mass is 447 g/mol. The fraction of sp³-hybridized carbons (Fsp3) is 0.208. The summed E-state index contributed by atoms with van der Waals surface area (Å²) in [7, 11) is 0. The molecule has 32 heavy (non-hydrogen) atoms. The first-order valence-electron chi connectivity index (χ1n) is 10.5. The number of nitrogens with one attached hydrogen (secondary N) is 1. The molecule has 0 bridgehead atoms. The second-order valence-corrected chi connectivity index (χ2v) is 8.60. The molecule has 0 saturated carbocycles. The van der Waals surface area contributed by atoms with Gasteiger partial charge in [-0.25, -0.2) is 9.37 Å². The minimum Gasteiger partial charge on any atom is -0.336 e. The number of thiazole rings is 1. The molecule has 3 heterocycles. The molecule has 1 aliphatic rings. The van der Waals surface area contributed by atoms with Gasteiger partial charge in [0.2, 0.25) is 0 Å². The molecule has 1 saturated heterocycles. The predicted molar refractivity (Wildman–Crippen MR) is 123 cm³/mol. The zero-order valence-corrected chi connectivity index (χ0v) is 18.2. The van der Waals surface area contributed by atoms with Crippen LogP contribution in [0.2, 0.25) is 0 Å². The lowest BCUT2D eigenvalue weighted by Crippen LogP contribution is -2.48. The van der Waals surface area contributed by atoms with Crippen LogP contribution < -0.4 is 0 Å². The van der Waals surface area contributed by atoms with Gasteiger partial charge in [-0.2, -0.15) is 5.10 Å². The highest BCUT2D eigenvalue weighted by molar-refractivity contribution is 7.13. The van der Waals surface area contributed by atoms with Crippen molar-refractivity contribution >= 4 is 17.2 Å². The summed E-state index contributed by atoms with van der Waals surface area (Å²) in [5.74, 6) is -0.369. The van der Waals surface area contributed by atoms with E-state index in [4.69, 9.17) is 4.98 Å². The number of carbonyl (C=O) groups is 1. The molecule has 0 radical (unpaired) electrons. The van der Waals surface area contributed by atoms with Crippen molar-refractivity contribution in [1.82, 2.24) is 25.0 Å². The molecule has 0 spiro atoms. The molecular formula is C24H22FN5OS. The maximum Gasteiger partial charge on any atom is 0.257 e. The Kier molecular flexibility index (Phi) is 5.79. The number of piperazine rings is 1. The van der Waals surface area contributed by atoms with Crippen molar-refractivity contribution in [3.8, 4) is 21.8 Å². The van der Waals surface area contributed by atoms with E-state index in [0.29, 0.717) is 24.3 Å². The summed E-state index contributed by atoms with van der Waals surface area (Å²) in [6.07, 6.45) is 1.55.